The first kappa shape index (κ1) is 17.3. The molecule has 3 aromatic rings. The smallest absolute Gasteiger partial charge is 0.189 e. The third kappa shape index (κ3) is 2.79. The van der Waals surface area contributed by atoms with Gasteiger partial charge in [0.15, 0.2) is 17.3 Å². The maximum Gasteiger partial charge on any atom is 0.189 e. The predicted octanol–water partition coefficient (Wildman–Crippen LogP) is 4.46. The van der Waals surface area contributed by atoms with Crippen molar-refractivity contribution in [3.8, 4) is 11.5 Å². The van der Waals surface area contributed by atoms with E-state index in [1.807, 2.05) is 30.3 Å². The summed E-state index contributed by atoms with van der Waals surface area (Å²) in [6.45, 7) is 4.24. The topological polar surface area (TPSA) is 53.4 Å². The van der Waals surface area contributed by atoms with Gasteiger partial charge >= 0.3 is 0 Å². The van der Waals surface area contributed by atoms with Gasteiger partial charge in [0.25, 0.3) is 0 Å². The molecule has 1 aliphatic rings. The summed E-state index contributed by atoms with van der Waals surface area (Å²) in [5.41, 5.74) is 4.37. The number of carbonyl (C=O) groups excluding carboxylic acids is 1. The average Bonchev–Trinajstić information content (AvgIpc) is 3.18. The molecule has 2 aromatic carbocycles. The lowest BCUT2D eigenvalue weighted by Gasteiger charge is -2.11. The molecular weight excluding hydrogens is 340 g/mol. The van der Waals surface area contributed by atoms with Gasteiger partial charge < -0.3 is 14.0 Å². The molecule has 0 aliphatic heterocycles. The van der Waals surface area contributed by atoms with Crippen molar-refractivity contribution in [1.82, 2.24) is 9.55 Å². The zero-order valence-electron chi connectivity index (χ0n) is 15.9. The monoisotopic (exact) mass is 362 g/mol. The molecular formula is C22H22N2O3. The van der Waals surface area contributed by atoms with Crippen molar-refractivity contribution in [3.05, 3.63) is 58.9 Å². The zero-order chi connectivity index (χ0) is 19.1. The first-order valence-corrected chi connectivity index (χ1v) is 9.00. The molecule has 0 fully saturated rings. The van der Waals surface area contributed by atoms with Crippen molar-refractivity contribution in [3.63, 3.8) is 0 Å². The van der Waals surface area contributed by atoms with Gasteiger partial charge in [-0.25, -0.2) is 4.98 Å². The maximum absolute atomic E-state index is 13.0. The number of Topliss-reactive ketones (excluding diaryl/α,β-unsaturated/α-hetero) is 1. The van der Waals surface area contributed by atoms with Crippen molar-refractivity contribution in [2.75, 3.05) is 14.2 Å². The van der Waals surface area contributed by atoms with Crippen LogP contribution in [0.1, 0.15) is 41.6 Å². The van der Waals surface area contributed by atoms with E-state index in [0.717, 1.165) is 28.0 Å². The van der Waals surface area contributed by atoms with E-state index in [1.165, 1.54) is 0 Å². The summed E-state index contributed by atoms with van der Waals surface area (Å²) in [6, 6.07) is 11.9. The average molecular weight is 362 g/mol. The Morgan fingerprint density at radius 3 is 2.52 bits per heavy atom. The standard InChI is InChI=1S/C22H22N2O3/c1-13(2)24-18-8-6-5-7-17(18)23-21(24)11-15-9-14-10-19(26-3)20(27-4)12-16(14)22(15)25/h5-8,10-13H,9H2,1-4H3/b15-11-. The van der Waals surface area contributed by atoms with Crippen molar-refractivity contribution in [2.45, 2.75) is 26.3 Å². The highest BCUT2D eigenvalue weighted by molar-refractivity contribution is 6.15. The van der Waals surface area contributed by atoms with Crippen LogP contribution < -0.4 is 9.47 Å². The first-order valence-electron chi connectivity index (χ1n) is 9.00. The Labute approximate surface area is 158 Å². The number of ketones is 1. The number of rotatable bonds is 4. The van der Waals surface area contributed by atoms with E-state index < -0.39 is 0 Å². The summed E-state index contributed by atoms with van der Waals surface area (Å²) in [7, 11) is 3.17. The summed E-state index contributed by atoms with van der Waals surface area (Å²) in [5, 5.41) is 0. The molecule has 4 rings (SSSR count). The van der Waals surface area contributed by atoms with Crippen LogP contribution in [0.4, 0.5) is 0 Å². The Morgan fingerprint density at radius 1 is 1.11 bits per heavy atom. The summed E-state index contributed by atoms with van der Waals surface area (Å²) in [4.78, 5) is 17.7. The van der Waals surface area contributed by atoms with Crippen LogP contribution in [0.15, 0.2) is 42.0 Å². The van der Waals surface area contributed by atoms with Crippen LogP contribution in [0, 0.1) is 0 Å². The molecule has 0 spiro atoms. The van der Waals surface area contributed by atoms with Crippen LogP contribution in [-0.4, -0.2) is 29.6 Å². The Balaban J connectivity index is 1.81. The van der Waals surface area contributed by atoms with Crippen LogP contribution >= 0.6 is 0 Å². The lowest BCUT2D eigenvalue weighted by molar-refractivity contribution is 0.104. The zero-order valence-corrected chi connectivity index (χ0v) is 15.9. The van der Waals surface area contributed by atoms with Crippen molar-refractivity contribution in [1.29, 1.82) is 0 Å². The van der Waals surface area contributed by atoms with Gasteiger partial charge in [-0.2, -0.15) is 0 Å². The Bertz CT molecular complexity index is 1080. The fourth-order valence-corrected chi connectivity index (χ4v) is 3.72. The number of aromatic nitrogens is 2. The third-order valence-corrected chi connectivity index (χ3v) is 4.97. The van der Waals surface area contributed by atoms with E-state index in [0.29, 0.717) is 23.5 Å². The van der Waals surface area contributed by atoms with Crippen molar-refractivity contribution in [2.24, 2.45) is 0 Å². The second kappa shape index (κ2) is 6.58. The summed E-state index contributed by atoms with van der Waals surface area (Å²) in [6.07, 6.45) is 2.48. The molecule has 138 valence electrons. The molecule has 0 atom stereocenters. The number of nitrogens with zero attached hydrogens (tertiary/aromatic N) is 2. The molecule has 27 heavy (non-hydrogen) atoms. The van der Waals surface area contributed by atoms with Gasteiger partial charge in [0, 0.05) is 23.6 Å². The number of methoxy groups -OCH3 is 2. The second-order valence-corrected chi connectivity index (χ2v) is 6.96. The van der Waals surface area contributed by atoms with Crippen LogP contribution in [0.5, 0.6) is 11.5 Å². The minimum atomic E-state index is 0.0216. The molecule has 0 saturated heterocycles. The fraction of sp³-hybridized carbons (Fsp3) is 0.273. The number of hydrogen-bond donors (Lipinski definition) is 0. The Kier molecular flexibility index (Phi) is 4.22. The van der Waals surface area contributed by atoms with E-state index >= 15 is 0 Å². The highest BCUT2D eigenvalue weighted by Gasteiger charge is 2.28. The maximum atomic E-state index is 13.0. The van der Waals surface area contributed by atoms with Crippen LogP contribution in [-0.2, 0) is 6.42 Å². The van der Waals surface area contributed by atoms with E-state index in [1.54, 1.807) is 20.3 Å². The number of hydrogen-bond acceptors (Lipinski definition) is 4. The largest absolute Gasteiger partial charge is 0.493 e. The van der Waals surface area contributed by atoms with E-state index in [9.17, 15) is 4.79 Å². The summed E-state index contributed by atoms with van der Waals surface area (Å²) >= 11 is 0. The number of carbonyl (C=O) groups is 1. The van der Waals surface area contributed by atoms with Gasteiger partial charge in [-0.05, 0) is 49.8 Å². The molecule has 0 saturated carbocycles. The van der Waals surface area contributed by atoms with Crippen LogP contribution in [0.25, 0.3) is 17.1 Å². The molecule has 0 bridgehead atoms. The summed E-state index contributed by atoms with van der Waals surface area (Å²) < 4.78 is 12.9. The number of benzene rings is 2. The molecule has 5 heteroatoms. The Morgan fingerprint density at radius 2 is 1.81 bits per heavy atom. The second-order valence-electron chi connectivity index (χ2n) is 6.96. The highest BCUT2D eigenvalue weighted by atomic mass is 16.5. The number of fused-ring (bicyclic) bond motifs is 2. The van der Waals surface area contributed by atoms with E-state index in [-0.39, 0.29) is 11.8 Å². The fourth-order valence-electron chi connectivity index (χ4n) is 3.72. The van der Waals surface area contributed by atoms with Crippen LogP contribution in [0.2, 0.25) is 0 Å². The SMILES string of the molecule is COc1cc2c(cc1OC)C(=O)/C(=C\c1nc3ccccc3n1C(C)C)C2. The molecule has 1 aromatic heterocycles. The van der Waals surface area contributed by atoms with Gasteiger partial charge in [0.05, 0.1) is 25.3 Å². The highest BCUT2D eigenvalue weighted by Crippen LogP contribution is 2.37. The Hall–Kier alpha value is -3.08. The minimum absolute atomic E-state index is 0.0216. The summed E-state index contributed by atoms with van der Waals surface area (Å²) in [5.74, 6) is 2.04. The lowest BCUT2D eigenvalue weighted by atomic mass is 10.1. The number of allylic oxidation sites excluding steroid dienone is 1. The first-order chi connectivity index (χ1) is 13.0. The molecule has 0 unspecified atom stereocenters. The number of ether oxygens (including phenoxy) is 2. The van der Waals surface area contributed by atoms with Crippen molar-refractivity contribution < 1.29 is 14.3 Å². The molecule has 5 nitrogen and oxygen atoms in total. The number of para-hydroxylation sites is 2. The number of imidazole rings is 1. The van der Waals surface area contributed by atoms with Gasteiger partial charge in [-0.3, -0.25) is 4.79 Å². The molecule has 1 heterocycles. The van der Waals surface area contributed by atoms with Gasteiger partial charge in [-0.1, -0.05) is 12.1 Å². The molecule has 0 amide bonds. The van der Waals surface area contributed by atoms with E-state index in [4.69, 9.17) is 14.5 Å². The van der Waals surface area contributed by atoms with Gasteiger partial charge in [0.1, 0.15) is 5.82 Å². The van der Waals surface area contributed by atoms with E-state index in [2.05, 4.69) is 24.5 Å². The van der Waals surface area contributed by atoms with Crippen LogP contribution in [0.3, 0.4) is 0 Å². The normalized spacial score (nSPS) is 15.0. The minimum Gasteiger partial charge on any atom is -0.493 e. The van der Waals surface area contributed by atoms with Gasteiger partial charge in [-0.15, -0.1) is 0 Å². The molecule has 0 N–H and O–H groups in total. The molecule has 1 aliphatic carbocycles. The van der Waals surface area contributed by atoms with Crippen molar-refractivity contribution >= 4 is 22.9 Å². The molecule has 0 radical (unpaired) electrons. The quantitative estimate of drug-likeness (QED) is 0.643. The lowest BCUT2D eigenvalue weighted by Crippen LogP contribution is -2.04. The predicted molar refractivity (Wildman–Crippen MR) is 106 cm³/mol. The van der Waals surface area contributed by atoms with Gasteiger partial charge in [0.2, 0.25) is 0 Å². The third-order valence-electron chi connectivity index (χ3n) is 4.97.